The molecule has 14 nitrogen and oxygen atoms in total. The number of esters is 3. The molecule has 370 valence electrons. The second-order valence-electron chi connectivity index (χ2n) is 16.4. The van der Waals surface area contributed by atoms with Crippen molar-refractivity contribution >= 4 is 52.4 Å². The fraction of sp³-hybridized carbons (Fsp3) is 0.583. The zero-order valence-electron chi connectivity index (χ0n) is 39.1. The Labute approximate surface area is 410 Å². The molecule has 0 bridgehead atoms. The van der Waals surface area contributed by atoms with Gasteiger partial charge in [-0.3, -0.25) is 4.79 Å². The summed E-state index contributed by atoms with van der Waals surface area (Å²) in [6.07, 6.45) is 9.93. The van der Waals surface area contributed by atoms with Crippen molar-refractivity contribution < 1.29 is 90.3 Å². The number of hydrogen-bond acceptors (Lipinski definition) is 12. The standard InChI is InChI=1S/C14H18O3.C13H16O3.C8H14O3.C7H12O3.C4H8O2.CH3I.CH3.Pd.H2/c1-14(16,9-11-7-8-11)13(15)17-10-12-5-3-2-4-6-12;1-3-9-13(2,15)12(14)16-10-11-7-5-4-6-8-11;1-8(11-2,7(9)10)5-6-3-4-6;1-7(10,6(8)9)4-5-2-3-5;1-3-6-4(2)5;1-2;;;/h2-6,11,16H,7-10H2,1H3;3-8,15H,1,9-10H2,2H3;6H,3-5H2,1-2H3,(H,9,10);5,10H,2-4H2,1H3,(H,8,9);3H2,1-2H3;1H3;1H3;;1H/q;;;;;;-1;;/t14-;13-;8-;7-;;;;;/m1111...../s1. The minimum atomic E-state index is -1.50. The Morgan fingerprint density at radius 1 is 0.672 bits per heavy atom. The largest absolute Gasteiger partial charge is 0.479 e. The first kappa shape index (κ1) is 65.0. The summed E-state index contributed by atoms with van der Waals surface area (Å²) in [5.74, 6) is -1.80. The zero-order chi connectivity index (χ0) is 47.6. The Bertz CT molecular complexity index is 1630. The van der Waals surface area contributed by atoms with E-state index in [0.717, 1.165) is 49.7 Å². The zero-order valence-corrected chi connectivity index (χ0v) is 42.8. The van der Waals surface area contributed by atoms with Crippen molar-refractivity contribution in [3.8, 4) is 0 Å². The number of halogens is 1. The monoisotopic (exact) mass is 1110 g/mol. The van der Waals surface area contributed by atoms with Crippen molar-refractivity contribution in [3.05, 3.63) is 91.9 Å². The predicted molar refractivity (Wildman–Crippen MR) is 253 cm³/mol. The molecule has 5 N–H and O–H groups in total. The number of ether oxygens (including phenoxy) is 4. The number of carboxylic acids is 2. The van der Waals surface area contributed by atoms with E-state index in [1.54, 1.807) is 20.8 Å². The van der Waals surface area contributed by atoms with Gasteiger partial charge >= 0.3 is 29.8 Å². The average Bonchev–Trinajstić information content (AvgIpc) is 4.08. The third-order valence-electron chi connectivity index (χ3n) is 9.70. The van der Waals surface area contributed by atoms with E-state index in [9.17, 15) is 39.3 Å². The summed E-state index contributed by atoms with van der Waals surface area (Å²) >= 11 is 2.15. The molecule has 5 rings (SSSR count). The number of carbonyl (C=O) groups is 5. The maximum absolute atomic E-state index is 11.7. The Balaban J connectivity index is -0.000000362. The molecule has 3 aliphatic carbocycles. The van der Waals surface area contributed by atoms with Gasteiger partial charge in [-0.1, -0.05) is 128 Å². The Morgan fingerprint density at radius 2 is 1.03 bits per heavy atom. The predicted octanol–water partition coefficient (Wildman–Crippen LogP) is 8.55. The Kier molecular flexibility index (Phi) is 33.8. The maximum Gasteiger partial charge on any atom is 0.338 e. The fourth-order valence-electron chi connectivity index (χ4n) is 5.39. The quantitative estimate of drug-likeness (QED) is 0.0180. The van der Waals surface area contributed by atoms with Crippen LogP contribution in [0.15, 0.2) is 73.3 Å². The Hall–Kier alpha value is -3.24. The van der Waals surface area contributed by atoms with Crippen molar-refractivity contribution in [3.63, 3.8) is 0 Å². The first-order chi connectivity index (χ1) is 29.0. The molecule has 3 saturated carbocycles. The number of alkyl halides is 1. The van der Waals surface area contributed by atoms with Gasteiger partial charge in [0.25, 0.3) is 0 Å². The van der Waals surface area contributed by atoms with Crippen LogP contribution in [0.2, 0.25) is 0 Å². The number of benzene rings is 2. The first-order valence-corrected chi connectivity index (χ1v) is 22.9. The van der Waals surface area contributed by atoms with Gasteiger partial charge in [0, 0.05) is 42.3 Å². The molecule has 3 aliphatic rings. The van der Waals surface area contributed by atoms with E-state index in [1.165, 1.54) is 34.0 Å². The summed E-state index contributed by atoms with van der Waals surface area (Å²) in [5.41, 5.74) is -3.46. The van der Waals surface area contributed by atoms with Gasteiger partial charge in [-0.25, -0.2) is 19.2 Å². The van der Waals surface area contributed by atoms with Gasteiger partial charge in [-0.15, -0.1) is 6.58 Å². The van der Waals surface area contributed by atoms with Crippen LogP contribution in [0.1, 0.15) is 118 Å². The summed E-state index contributed by atoms with van der Waals surface area (Å²) in [5, 5.41) is 46.2. The number of aliphatic hydroxyl groups is 3. The number of hydrogen-bond donors (Lipinski definition) is 5. The molecular formula is C48H76IO14Pd-. The number of carbonyl (C=O) groups excluding carboxylic acids is 3. The van der Waals surface area contributed by atoms with Crippen LogP contribution in [-0.4, -0.2) is 96.4 Å². The minimum Gasteiger partial charge on any atom is -0.479 e. The van der Waals surface area contributed by atoms with E-state index in [1.807, 2.05) is 65.6 Å². The van der Waals surface area contributed by atoms with Gasteiger partial charge in [0.15, 0.2) is 22.4 Å². The normalized spacial score (nSPS) is 16.8. The van der Waals surface area contributed by atoms with Crippen LogP contribution < -0.4 is 0 Å². The fourth-order valence-corrected chi connectivity index (χ4v) is 5.39. The van der Waals surface area contributed by atoms with Gasteiger partial charge < -0.3 is 51.9 Å². The minimum absolute atomic E-state index is 0. The van der Waals surface area contributed by atoms with Crippen LogP contribution >= 0.6 is 22.6 Å². The second-order valence-corrected chi connectivity index (χ2v) is 16.4. The topological polar surface area (TPSA) is 223 Å². The van der Waals surface area contributed by atoms with Gasteiger partial charge in [-0.2, -0.15) is 0 Å². The van der Waals surface area contributed by atoms with Crippen molar-refractivity contribution in [1.82, 2.24) is 0 Å². The first-order valence-electron chi connectivity index (χ1n) is 20.7. The van der Waals surface area contributed by atoms with Crippen LogP contribution in [0.3, 0.4) is 0 Å². The molecule has 0 spiro atoms. The molecule has 0 radical (unpaired) electrons. The number of carboxylic acid groups (broad SMARTS) is 2. The summed E-state index contributed by atoms with van der Waals surface area (Å²) in [7, 11) is 1.45. The SMILES string of the molecule is C=CC[C@@](C)(O)C(=O)OCc1ccccc1.CCOC(C)=O.CI.CO[C@](C)(CC1CC1)C(=O)O.C[C@@](O)(CC1CC1)C(=O)O.C[C@@](O)(CC1CC1)C(=O)OCc1ccccc1.[CH3-].[HH].[Pd]. The van der Waals surface area contributed by atoms with Crippen molar-refractivity contribution in [2.45, 2.75) is 141 Å². The van der Waals surface area contributed by atoms with Gasteiger partial charge in [0.1, 0.15) is 13.2 Å². The summed E-state index contributed by atoms with van der Waals surface area (Å²) < 4.78 is 19.5. The van der Waals surface area contributed by atoms with Crippen molar-refractivity contribution in [2.24, 2.45) is 17.8 Å². The molecule has 2 aromatic carbocycles. The van der Waals surface area contributed by atoms with E-state index in [-0.39, 0.29) is 54.9 Å². The molecule has 64 heavy (non-hydrogen) atoms. The third kappa shape index (κ3) is 30.1. The molecule has 3 fully saturated rings. The molecule has 0 amide bonds. The van der Waals surface area contributed by atoms with E-state index in [4.69, 9.17) is 24.4 Å². The van der Waals surface area contributed by atoms with Crippen LogP contribution in [-0.2, 0) is 76.6 Å². The Morgan fingerprint density at radius 3 is 1.31 bits per heavy atom. The molecule has 0 unspecified atom stereocenters. The smallest absolute Gasteiger partial charge is 0.338 e. The molecular weight excluding hydrogens is 1030 g/mol. The van der Waals surface area contributed by atoms with Gasteiger partial charge in [0.2, 0.25) is 0 Å². The molecule has 0 aliphatic heterocycles. The van der Waals surface area contributed by atoms with Crippen molar-refractivity contribution in [1.29, 1.82) is 0 Å². The van der Waals surface area contributed by atoms with E-state index >= 15 is 0 Å². The van der Waals surface area contributed by atoms with Crippen LogP contribution in [0.25, 0.3) is 0 Å². The summed E-state index contributed by atoms with van der Waals surface area (Å²) in [4.78, 5) is 56.1. The molecule has 0 saturated heterocycles. The molecule has 0 heterocycles. The van der Waals surface area contributed by atoms with Crippen LogP contribution in [0, 0.1) is 25.2 Å². The van der Waals surface area contributed by atoms with E-state index < -0.39 is 46.3 Å². The molecule has 2 aromatic rings. The second kappa shape index (κ2) is 33.3. The number of aliphatic carboxylic acids is 2. The maximum atomic E-state index is 11.7. The molecule has 0 aromatic heterocycles. The van der Waals surface area contributed by atoms with Gasteiger partial charge in [-0.05, 0) is 87.7 Å². The molecule has 4 atom stereocenters. The van der Waals surface area contributed by atoms with E-state index in [2.05, 4.69) is 33.9 Å². The third-order valence-corrected chi connectivity index (χ3v) is 9.70. The number of rotatable bonds is 18. The average molecular weight is 1110 g/mol. The number of methoxy groups -OCH3 is 1. The van der Waals surface area contributed by atoms with Crippen LogP contribution in [0.4, 0.5) is 0 Å². The van der Waals surface area contributed by atoms with Crippen LogP contribution in [0.5, 0.6) is 0 Å². The summed E-state index contributed by atoms with van der Waals surface area (Å²) in [6, 6.07) is 18.8. The van der Waals surface area contributed by atoms with Gasteiger partial charge in [0.05, 0.1) is 6.61 Å². The van der Waals surface area contributed by atoms with E-state index in [0.29, 0.717) is 43.6 Å². The summed E-state index contributed by atoms with van der Waals surface area (Å²) in [6.45, 7) is 13.5. The van der Waals surface area contributed by atoms with Crippen molar-refractivity contribution in [2.75, 3.05) is 18.6 Å². The molecule has 16 heteroatoms.